The Bertz CT molecular complexity index is 450. The third-order valence-electron chi connectivity index (χ3n) is 6.14. The minimum absolute atomic E-state index is 0.135. The molecular formula is C16H24N2O2. The van der Waals surface area contributed by atoms with Crippen LogP contribution in [0.15, 0.2) is 0 Å². The quantitative estimate of drug-likeness (QED) is 0.771. The fraction of sp³-hybridized carbons (Fsp3) is 0.875. The molecule has 5 unspecified atom stereocenters. The Kier molecular flexibility index (Phi) is 2.83. The molecule has 4 nitrogen and oxygen atoms in total. The molecule has 0 spiro atoms. The highest BCUT2D eigenvalue weighted by molar-refractivity contribution is 5.97. The number of piperazine rings is 1. The van der Waals surface area contributed by atoms with Crippen LogP contribution >= 0.6 is 0 Å². The van der Waals surface area contributed by atoms with E-state index in [4.69, 9.17) is 0 Å². The molecule has 2 aliphatic carbocycles. The molecule has 0 radical (unpaired) electrons. The summed E-state index contributed by atoms with van der Waals surface area (Å²) in [5.41, 5.74) is 0. The summed E-state index contributed by atoms with van der Waals surface area (Å²) < 4.78 is 0. The van der Waals surface area contributed by atoms with Crippen LogP contribution < -0.4 is 0 Å². The first-order valence-electron chi connectivity index (χ1n) is 8.33. The lowest BCUT2D eigenvalue weighted by atomic mass is 9.90. The molecule has 0 aromatic carbocycles. The number of rotatable bonds is 2. The molecule has 20 heavy (non-hydrogen) atoms. The number of nitrogens with zero attached hydrogens (tertiary/aromatic N) is 2. The Morgan fingerprint density at radius 2 is 1.95 bits per heavy atom. The largest absolute Gasteiger partial charge is 0.329 e. The van der Waals surface area contributed by atoms with Crippen molar-refractivity contribution < 1.29 is 9.59 Å². The third-order valence-corrected chi connectivity index (χ3v) is 6.14. The van der Waals surface area contributed by atoms with Crippen LogP contribution in [-0.4, -0.2) is 46.3 Å². The molecule has 2 aliphatic heterocycles. The van der Waals surface area contributed by atoms with Crippen LogP contribution in [0.3, 0.4) is 0 Å². The van der Waals surface area contributed by atoms with E-state index in [1.165, 1.54) is 19.3 Å². The summed E-state index contributed by atoms with van der Waals surface area (Å²) in [6.45, 7) is 2.84. The Morgan fingerprint density at radius 3 is 2.60 bits per heavy atom. The predicted octanol–water partition coefficient (Wildman–Crippen LogP) is 1.79. The Hall–Kier alpha value is -1.06. The van der Waals surface area contributed by atoms with E-state index in [1.807, 2.05) is 16.7 Å². The summed E-state index contributed by atoms with van der Waals surface area (Å²) in [4.78, 5) is 29.5. The van der Waals surface area contributed by atoms with Crippen LogP contribution in [0.4, 0.5) is 0 Å². The van der Waals surface area contributed by atoms with Crippen molar-refractivity contribution in [2.24, 2.45) is 11.8 Å². The number of hydrogen-bond acceptors (Lipinski definition) is 2. The minimum Gasteiger partial charge on any atom is -0.329 e. The van der Waals surface area contributed by atoms with Gasteiger partial charge in [-0.05, 0) is 50.4 Å². The zero-order valence-electron chi connectivity index (χ0n) is 12.3. The van der Waals surface area contributed by atoms with Gasteiger partial charge in [-0.3, -0.25) is 9.59 Å². The maximum Gasteiger partial charge on any atom is 0.246 e. The van der Waals surface area contributed by atoms with Gasteiger partial charge in [0, 0.05) is 12.6 Å². The molecule has 4 rings (SSSR count). The molecule has 2 amide bonds. The van der Waals surface area contributed by atoms with Gasteiger partial charge in [-0.25, -0.2) is 0 Å². The normalized spacial score (nSPS) is 43.5. The van der Waals surface area contributed by atoms with Gasteiger partial charge in [0.15, 0.2) is 0 Å². The topological polar surface area (TPSA) is 40.6 Å². The van der Waals surface area contributed by atoms with Gasteiger partial charge in [0.25, 0.3) is 0 Å². The summed E-state index contributed by atoms with van der Waals surface area (Å²) in [5.74, 6) is 1.95. The van der Waals surface area contributed by atoms with Crippen molar-refractivity contribution in [3.05, 3.63) is 0 Å². The first-order valence-corrected chi connectivity index (χ1v) is 8.33. The highest BCUT2D eigenvalue weighted by atomic mass is 16.2. The zero-order valence-corrected chi connectivity index (χ0v) is 12.3. The summed E-state index contributed by atoms with van der Waals surface area (Å²) in [6.07, 6.45) is 7.66. The van der Waals surface area contributed by atoms with Gasteiger partial charge in [0.1, 0.15) is 12.1 Å². The average molecular weight is 276 g/mol. The Morgan fingerprint density at radius 1 is 1.10 bits per heavy atom. The van der Waals surface area contributed by atoms with Crippen molar-refractivity contribution in [1.82, 2.24) is 9.80 Å². The van der Waals surface area contributed by atoms with Gasteiger partial charge < -0.3 is 9.80 Å². The third kappa shape index (κ3) is 1.60. The molecular weight excluding hydrogens is 252 g/mol. The maximum absolute atomic E-state index is 12.9. The van der Waals surface area contributed by atoms with E-state index in [0.717, 1.165) is 38.1 Å². The van der Waals surface area contributed by atoms with E-state index in [0.29, 0.717) is 12.0 Å². The number of amides is 2. The monoisotopic (exact) mass is 276 g/mol. The molecule has 0 aromatic heterocycles. The van der Waals surface area contributed by atoms with E-state index in [9.17, 15) is 9.59 Å². The number of hydrogen-bond donors (Lipinski definition) is 0. The minimum atomic E-state index is -0.179. The molecule has 2 saturated heterocycles. The first kappa shape index (κ1) is 12.7. The summed E-state index contributed by atoms with van der Waals surface area (Å²) in [6, 6.07) is 0.0449. The first-order chi connectivity index (χ1) is 9.70. The van der Waals surface area contributed by atoms with E-state index in [2.05, 4.69) is 0 Å². The molecule has 2 saturated carbocycles. The smallest absolute Gasteiger partial charge is 0.246 e. The zero-order chi connectivity index (χ0) is 13.9. The van der Waals surface area contributed by atoms with Crippen molar-refractivity contribution >= 4 is 11.8 Å². The van der Waals surface area contributed by atoms with Crippen molar-refractivity contribution in [2.45, 2.75) is 70.0 Å². The second-order valence-corrected chi connectivity index (χ2v) is 7.10. The van der Waals surface area contributed by atoms with Crippen molar-refractivity contribution in [3.63, 3.8) is 0 Å². The molecule has 2 bridgehead atoms. The van der Waals surface area contributed by atoms with Crippen molar-refractivity contribution in [3.8, 4) is 0 Å². The van der Waals surface area contributed by atoms with Gasteiger partial charge >= 0.3 is 0 Å². The van der Waals surface area contributed by atoms with E-state index < -0.39 is 0 Å². The van der Waals surface area contributed by atoms with Crippen LogP contribution in [0.2, 0.25) is 0 Å². The Labute approximate surface area is 120 Å². The van der Waals surface area contributed by atoms with Crippen LogP contribution in [0.5, 0.6) is 0 Å². The van der Waals surface area contributed by atoms with Gasteiger partial charge in [-0.15, -0.1) is 0 Å². The van der Waals surface area contributed by atoms with Gasteiger partial charge in [0.2, 0.25) is 11.8 Å². The van der Waals surface area contributed by atoms with Crippen LogP contribution in [-0.2, 0) is 9.59 Å². The molecule has 4 aliphatic rings. The standard InChI is InChI=1S/C16H24N2O2/c1-2-12-15(19)17-7-3-4-13(17)16(20)18(12)14-9-10-5-6-11(14)8-10/h10-14H,2-9H2,1H3. The van der Waals surface area contributed by atoms with Crippen LogP contribution in [0.25, 0.3) is 0 Å². The van der Waals surface area contributed by atoms with E-state index >= 15 is 0 Å². The van der Waals surface area contributed by atoms with Gasteiger partial charge in [0.05, 0.1) is 0 Å². The molecule has 5 atom stereocenters. The number of carbonyl (C=O) groups is 2. The van der Waals surface area contributed by atoms with Gasteiger partial charge in [-0.2, -0.15) is 0 Å². The second kappa shape index (κ2) is 4.47. The lowest BCUT2D eigenvalue weighted by molar-refractivity contribution is -0.163. The molecule has 110 valence electrons. The lowest BCUT2D eigenvalue weighted by Gasteiger charge is -2.47. The van der Waals surface area contributed by atoms with E-state index in [-0.39, 0.29) is 23.9 Å². The van der Waals surface area contributed by atoms with E-state index in [1.54, 1.807) is 0 Å². The summed E-state index contributed by atoms with van der Waals surface area (Å²) >= 11 is 0. The SMILES string of the molecule is CCC1C(=O)N2CCCC2C(=O)N1C1CC2CCC1C2. The second-order valence-electron chi connectivity index (χ2n) is 7.10. The fourth-order valence-corrected chi connectivity index (χ4v) is 5.24. The lowest BCUT2D eigenvalue weighted by Crippen LogP contribution is -2.65. The average Bonchev–Trinajstić information content (AvgIpc) is 3.16. The highest BCUT2D eigenvalue weighted by Crippen LogP contribution is 2.48. The highest BCUT2D eigenvalue weighted by Gasteiger charge is 2.53. The summed E-state index contributed by atoms with van der Waals surface area (Å²) in [5, 5.41) is 0. The molecule has 4 heteroatoms. The molecule has 2 heterocycles. The molecule has 0 aromatic rings. The number of fused-ring (bicyclic) bond motifs is 3. The molecule has 0 N–H and O–H groups in total. The van der Waals surface area contributed by atoms with Crippen LogP contribution in [0.1, 0.15) is 51.9 Å². The molecule has 4 fully saturated rings. The van der Waals surface area contributed by atoms with Crippen molar-refractivity contribution in [1.29, 1.82) is 0 Å². The van der Waals surface area contributed by atoms with Crippen molar-refractivity contribution in [2.75, 3.05) is 6.54 Å². The predicted molar refractivity (Wildman–Crippen MR) is 74.9 cm³/mol. The number of carbonyl (C=O) groups excluding carboxylic acids is 2. The fourth-order valence-electron chi connectivity index (χ4n) is 5.24. The van der Waals surface area contributed by atoms with Gasteiger partial charge in [-0.1, -0.05) is 13.3 Å². The Balaban J connectivity index is 1.65. The van der Waals surface area contributed by atoms with Crippen LogP contribution in [0, 0.1) is 11.8 Å². The summed E-state index contributed by atoms with van der Waals surface area (Å²) in [7, 11) is 0. The maximum atomic E-state index is 12.9.